The number of carboxylic acids is 1. The van der Waals surface area contributed by atoms with Gasteiger partial charge < -0.3 is 9.90 Å². The third kappa shape index (κ3) is 14.2. The molecular weight excluding hydrogens is 272 g/mol. The fourth-order valence-electron chi connectivity index (χ4n) is 2.89. The number of hydrogen-bond acceptors (Lipinski definition) is 2. The van der Waals surface area contributed by atoms with Gasteiger partial charge in [-0.1, -0.05) is 103 Å². The zero-order valence-corrected chi connectivity index (χ0v) is 14.8. The Balaban J connectivity index is 3.14. The Morgan fingerprint density at radius 1 is 0.818 bits per heavy atom. The van der Waals surface area contributed by atoms with Gasteiger partial charge in [0.1, 0.15) is 0 Å². The molecule has 1 atom stereocenters. The highest BCUT2D eigenvalue weighted by Crippen LogP contribution is 2.15. The number of rotatable bonds is 17. The van der Waals surface area contributed by atoms with E-state index in [0.29, 0.717) is 6.42 Å². The van der Waals surface area contributed by atoms with Crippen molar-refractivity contribution in [3.05, 3.63) is 12.7 Å². The van der Waals surface area contributed by atoms with Gasteiger partial charge in [-0.2, -0.15) is 0 Å². The van der Waals surface area contributed by atoms with Crippen LogP contribution < -0.4 is 5.11 Å². The molecule has 0 N–H and O–H groups in total. The molecule has 0 saturated carbocycles. The summed E-state index contributed by atoms with van der Waals surface area (Å²) in [5.41, 5.74) is 0. The Kier molecular flexibility index (Phi) is 16.0. The van der Waals surface area contributed by atoms with Crippen LogP contribution in [0.2, 0.25) is 0 Å². The van der Waals surface area contributed by atoms with Crippen molar-refractivity contribution >= 4 is 5.97 Å². The minimum Gasteiger partial charge on any atom is -0.550 e. The van der Waals surface area contributed by atoms with Crippen molar-refractivity contribution in [3.8, 4) is 0 Å². The summed E-state index contributed by atoms with van der Waals surface area (Å²) in [5, 5.41) is 10.7. The van der Waals surface area contributed by atoms with E-state index in [4.69, 9.17) is 0 Å². The molecule has 1 unspecified atom stereocenters. The van der Waals surface area contributed by atoms with Gasteiger partial charge in [-0.3, -0.25) is 0 Å². The number of hydrogen-bond donors (Lipinski definition) is 0. The summed E-state index contributed by atoms with van der Waals surface area (Å²) >= 11 is 0. The first-order chi connectivity index (χ1) is 10.7. The third-order valence-electron chi connectivity index (χ3n) is 4.46. The van der Waals surface area contributed by atoms with Gasteiger partial charge >= 0.3 is 0 Å². The van der Waals surface area contributed by atoms with Gasteiger partial charge in [-0.05, 0) is 6.42 Å². The molecular formula is C20H37O2-. The largest absolute Gasteiger partial charge is 0.550 e. The van der Waals surface area contributed by atoms with Crippen LogP contribution in [-0.4, -0.2) is 5.97 Å². The molecule has 2 heteroatoms. The molecule has 0 aromatic carbocycles. The smallest absolute Gasteiger partial charge is 0.0482 e. The van der Waals surface area contributed by atoms with Crippen LogP contribution in [0.1, 0.15) is 103 Å². The van der Waals surface area contributed by atoms with E-state index in [1.54, 1.807) is 0 Å². The monoisotopic (exact) mass is 309 g/mol. The van der Waals surface area contributed by atoms with Gasteiger partial charge in [0, 0.05) is 11.9 Å². The molecule has 0 rings (SSSR count). The Hall–Kier alpha value is -0.790. The fourth-order valence-corrected chi connectivity index (χ4v) is 2.89. The fraction of sp³-hybridized carbons (Fsp3) is 0.850. The summed E-state index contributed by atoms with van der Waals surface area (Å²) in [7, 11) is 0. The van der Waals surface area contributed by atoms with Gasteiger partial charge in [0.15, 0.2) is 0 Å². The minimum atomic E-state index is -0.982. The van der Waals surface area contributed by atoms with Crippen LogP contribution in [0.5, 0.6) is 0 Å². The number of carbonyl (C=O) groups excluding carboxylic acids is 1. The van der Waals surface area contributed by atoms with Crippen LogP contribution in [0, 0.1) is 5.92 Å². The van der Waals surface area contributed by atoms with Crippen LogP contribution in [-0.2, 0) is 4.79 Å². The predicted octanol–water partition coefficient (Wildman–Crippen LogP) is 5.41. The molecule has 0 fully saturated rings. The summed E-state index contributed by atoms with van der Waals surface area (Å²) in [6, 6.07) is 0. The van der Waals surface area contributed by atoms with Crippen LogP contribution in [0.15, 0.2) is 12.7 Å². The van der Waals surface area contributed by atoms with E-state index < -0.39 is 11.9 Å². The number of carbonyl (C=O) groups is 1. The first-order valence-corrected chi connectivity index (χ1v) is 9.55. The summed E-state index contributed by atoms with van der Waals surface area (Å²) in [5.74, 6) is -1.44. The highest BCUT2D eigenvalue weighted by atomic mass is 16.4. The zero-order valence-electron chi connectivity index (χ0n) is 14.8. The molecule has 0 amide bonds. The maximum Gasteiger partial charge on any atom is 0.0482 e. The van der Waals surface area contributed by atoms with Crippen LogP contribution in [0.25, 0.3) is 0 Å². The third-order valence-corrected chi connectivity index (χ3v) is 4.46. The quantitative estimate of drug-likeness (QED) is 0.266. The van der Waals surface area contributed by atoms with E-state index in [-0.39, 0.29) is 0 Å². The first kappa shape index (κ1) is 21.2. The molecule has 0 radical (unpaired) electrons. The summed E-state index contributed by atoms with van der Waals surface area (Å²) in [6.07, 6.45) is 20.7. The lowest BCUT2D eigenvalue weighted by atomic mass is 10.00. The Morgan fingerprint density at radius 3 is 1.50 bits per heavy atom. The maximum absolute atomic E-state index is 10.7. The van der Waals surface area contributed by atoms with Gasteiger partial charge in [-0.25, -0.2) is 0 Å². The highest BCUT2D eigenvalue weighted by molar-refractivity contribution is 5.69. The van der Waals surface area contributed by atoms with Crippen LogP contribution in [0.3, 0.4) is 0 Å². The van der Waals surface area contributed by atoms with E-state index in [1.807, 2.05) is 0 Å². The topological polar surface area (TPSA) is 40.1 Å². The lowest BCUT2D eigenvalue weighted by Crippen LogP contribution is -2.29. The average molecular weight is 310 g/mol. The second-order valence-electron chi connectivity index (χ2n) is 6.55. The van der Waals surface area contributed by atoms with Crippen molar-refractivity contribution in [1.82, 2.24) is 0 Å². The molecule has 22 heavy (non-hydrogen) atoms. The SMILES string of the molecule is C=CC(CCCCCCCCCCCCCCCC)C(=O)[O-]. The van der Waals surface area contributed by atoms with E-state index in [1.165, 1.54) is 83.1 Å². The number of carboxylic acid groups (broad SMARTS) is 1. The average Bonchev–Trinajstić information content (AvgIpc) is 2.51. The molecule has 0 aromatic heterocycles. The predicted molar refractivity (Wildman–Crippen MR) is 93.6 cm³/mol. The lowest BCUT2D eigenvalue weighted by molar-refractivity contribution is -0.309. The van der Waals surface area contributed by atoms with Gasteiger partial charge in [0.25, 0.3) is 0 Å². The molecule has 0 saturated heterocycles. The summed E-state index contributed by atoms with van der Waals surface area (Å²) in [6.45, 7) is 5.81. The van der Waals surface area contributed by atoms with Gasteiger partial charge in [0.05, 0.1) is 0 Å². The van der Waals surface area contributed by atoms with Gasteiger partial charge in [-0.15, -0.1) is 6.58 Å². The standard InChI is InChI=1S/C20H38O2/c1-3-5-6-7-8-9-10-11-12-13-14-15-16-17-18-19(4-2)20(21)22/h4,19H,2-3,5-18H2,1H3,(H,21,22)/p-1. The van der Waals surface area contributed by atoms with E-state index in [9.17, 15) is 9.90 Å². The van der Waals surface area contributed by atoms with E-state index in [2.05, 4.69) is 13.5 Å². The molecule has 0 spiro atoms. The van der Waals surface area contributed by atoms with Crippen molar-refractivity contribution in [2.24, 2.45) is 5.92 Å². The van der Waals surface area contributed by atoms with E-state index in [0.717, 1.165) is 12.8 Å². The molecule has 2 nitrogen and oxygen atoms in total. The van der Waals surface area contributed by atoms with Crippen molar-refractivity contribution in [1.29, 1.82) is 0 Å². The minimum absolute atomic E-state index is 0.461. The van der Waals surface area contributed by atoms with Crippen molar-refractivity contribution < 1.29 is 9.90 Å². The molecule has 130 valence electrons. The molecule has 0 aliphatic heterocycles. The molecule has 0 aromatic rings. The zero-order chi connectivity index (χ0) is 16.5. The number of unbranched alkanes of at least 4 members (excludes halogenated alkanes) is 13. The van der Waals surface area contributed by atoms with E-state index >= 15 is 0 Å². The second-order valence-corrected chi connectivity index (χ2v) is 6.55. The van der Waals surface area contributed by atoms with Crippen LogP contribution >= 0.6 is 0 Å². The number of aliphatic carboxylic acids is 1. The first-order valence-electron chi connectivity index (χ1n) is 9.55. The summed E-state index contributed by atoms with van der Waals surface area (Å²) in [4.78, 5) is 10.7. The Bertz CT molecular complexity index is 260. The van der Waals surface area contributed by atoms with Gasteiger partial charge in [0.2, 0.25) is 0 Å². The van der Waals surface area contributed by atoms with Crippen LogP contribution in [0.4, 0.5) is 0 Å². The highest BCUT2D eigenvalue weighted by Gasteiger charge is 2.04. The normalized spacial score (nSPS) is 12.2. The molecule has 0 bridgehead atoms. The summed E-state index contributed by atoms with van der Waals surface area (Å²) < 4.78 is 0. The Labute approximate surface area is 138 Å². The van der Waals surface area contributed by atoms with Crippen molar-refractivity contribution in [2.75, 3.05) is 0 Å². The molecule has 0 heterocycles. The van der Waals surface area contributed by atoms with Crippen molar-refractivity contribution in [2.45, 2.75) is 103 Å². The molecule has 0 aliphatic rings. The second kappa shape index (κ2) is 16.6. The molecule has 0 aliphatic carbocycles. The lowest BCUT2D eigenvalue weighted by Gasteiger charge is -2.12. The van der Waals surface area contributed by atoms with Crippen molar-refractivity contribution in [3.63, 3.8) is 0 Å². The Morgan fingerprint density at radius 2 is 1.18 bits per heavy atom. The maximum atomic E-state index is 10.7.